The summed E-state index contributed by atoms with van der Waals surface area (Å²) < 4.78 is 5.49. The number of methoxy groups -OCH3 is 1. The number of aliphatic hydroxyl groups excluding tert-OH is 1. The maximum absolute atomic E-state index is 12.2. The fourth-order valence-corrected chi connectivity index (χ4v) is 4.26. The Hall–Kier alpha value is -2.28. The molecule has 1 fully saturated rings. The number of amides is 1. The van der Waals surface area contributed by atoms with Gasteiger partial charge in [-0.15, -0.1) is 0 Å². The highest BCUT2D eigenvalue weighted by atomic mass is 35.5. The summed E-state index contributed by atoms with van der Waals surface area (Å²) in [6.07, 6.45) is 0.552. The summed E-state index contributed by atoms with van der Waals surface area (Å²) in [5.74, 6) is 0.351. The highest BCUT2D eigenvalue weighted by Crippen LogP contribution is 2.49. The quantitative estimate of drug-likeness (QED) is 0.793. The molecule has 6 nitrogen and oxygen atoms in total. The molecule has 1 amide bonds. The van der Waals surface area contributed by atoms with Crippen molar-refractivity contribution >= 4 is 46.2 Å². The van der Waals surface area contributed by atoms with Gasteiger partial charge in [0.15, 0.2) is 0 Å². The number of fused-ring (bicyclic) bond motifs is 3. The topological polar surface area (TPSA) is 74.2 Å². The molecular formula is C20H19Cl2N3O3. The second-order valence-electron chi connectivity index (χ2n) is 6.77. The molecule has 2 aromatic rings. The van der Waals surface area contributed by atoms with E-state index in [-0.39, 0.29) is 5.91 Å². The van der Waals surface area contributed by atoms with Gasteiger partial charge in [0.25, 0.3) is 0 Å². The zero-order valence-corrected chi connectivity index (χ0v) is 16.7. The lowest BCUT2D eigenvalue weighted by atomic mass is 9.81. The molecule has 2 aromatic carbocycles. The number of nitrogens with zero attached hydrogens (tertiary/aromatic N) is 2. The van der Waals surface area contributed by atoms with Crippen LogP contribution in [0.3, 0.4) is 0 Å². The number of hydrogen-bond donors (Lipinski definition) is 2. The predicted molar refractivity (Wildman–Crippen MR) is 110 cm³/mol. The molecule has 1 saturated heterocycles. The zero-order valence-electron chi connectivity index (χ0n) is 15.2. The van der Waals surface area contributed by atoms with Crippen LogP contribution in [-0.4, -0.2) is 48.4 Å². The van der Waals surface area contributed by atoms with Gasteiger partial charge in [0, 0.05) is 18.5 Å². The molecule has 2 N–H and O–H groups in total. The van der Waals surface area contributed by atoms with Crippen LogP contribution < -0.4 is 10.1 Å². The van der Waals surface area contributed by atoms with Gasteiger partial charge in [-0.2, -0.15) is 0 Å². The first-order valence-electron chi connectivity index (χ1n) is 8.86. The van der Waals surface area contributed by atoms with E-state index >= 15 is 0 Å². The van der Waals surface area contributed by atoms with Crippen LogP contribution in [0.15, 0.2) is 41.4 Å². The molecule has 0 radical (unpaired) electrons. The second kappa shape index (κ2) is 7.28. The van der Waals surface area contributed by atoms with E-state index in [0.29, 0.717) is 41.0 Å². The Morgan fingerprint density at radius 3 is 2.86 bits per heavy atom. The van der Waals surface area contributed by atoms with Crippen molar-refractivity contribution in [1.29, 1.82) is 0 Å². The Morgan fingerprint density at radius 2 is 2.11 bits per heavy atom. The van der Waals surface area contributed by atoms with Crippen molar-refractivity contribution in [3.63, 3.8) is 0 Å². The Morgan fingerprint density at radius 1 is 1.32 bits per heavy atom. The Labute approximate surface area is 172 Å². The standard InChI is InChI=1S/C20H19Cl2N3O3/c1-28-15-5-3-2-4-14(15)24-20-11-25(17(27)10-26)9-8-16(20)23-19-12(20)6-7-13(21)18(19)22/h2-7,24,26H,8-11H2,1H3. The van der Waals surface area contributed by atoms with Crippen molar-refractivity contribution in [3.8, 4) is 5.75 Å². The number of nitrogens with one attached hydrogen (secondary N) is 1. The molecule has 2 aliphatic heterocycles. The minimum Gasteiger partial charge on any atom is -0.495 e. The van der Waals surface area contributed by atoms with E-state index in [1.807, 2.05) is 30.3 Å². The van der Waals surface area contributed by atoms with Gasteiger partial charge in [-0.25, -0.2) is 0 Å². The fraction of sp³-hybridized carbons (Fsp3) is 0.300. The summed E-state index contributed by atoms with van der Waals surface area (Å²) >= 11 is 12.6. The van der Waals surface area contributed by atoms with Gasteiger partial charge < -0.3 is 20.1 Å². The Bertz CT molecular complexity index is 979. The summed E-state index contributed by atoms with van der Waals surface area (Å²) in [5.41, 5.74) is 2.33. The number of halogens is 2. The molecule has 4 rings (SSSR count). The molecule has 0 bridgehead atoms. The average molecular weight is 420 g/mol. The summed E-state index contributed by atoms with van der Waals surface area (Å²) in [6, 6.07) is 11.2. The molecule has 2 heterocycles. The number of rotatable bonds is 4. The van der Waals surface area contributed by atoms with E-state index in [0.717, 1.165) is 17.0 Å². The number of likely N-dealkylation sites (tertiary alicyclic amines) is 1. The van der Waals surface area contributed by atoms with Crippen LogP contribution in [0.2, 0.25) is 10.0 Å². The van der Waals surface area contributed by atoms with Crippen molar-refractivity contribution in [2.24, 2.45) is 4.99 Å². The molecule has 0 aliphatic carbocycles. The Balaban J connectivity index is 1.86. The van der Waals surface area contributed by atoms with Crippen LogP contribution >= 0.6 is 23.2 Å². The minimum absolute atomic E-state index is 0.314. The van der Waals surface area contributed by atoms with E-state index in [1.54, 1.807) is 18.1 Å². The lowest BCUT2D eigenvalue weighted by Gasteiger charge is -2.43. The summed E-state index contributed by atoms with van der Waals surface area (Å²) in [4.78, 5) is 18.7. The van der Waals surface area contributed by atoms with Crippen molar-refractivity contribution in [2.45, 2.75) is 12.0 Å². The van der Waals surface area contributed by atoms with Gasteiger partial charge >= 0.3 is 0 Å². The van der Waals surface area contributed by atoms with Gasteiger partial charge in [0.1, 0.15) is 17.9 Å². The van der Waals surface area contributed by atoms with Gasteiger partial charge in [-0.05, 0) is 18.2 Å². The summed E-state index contributed by atoms with van der Waals surface area (Å²) in [5, 5.41) is 13.7. The van der Waals surface area contributed by atoms with Crippen molar-refractivity contribution < 1.29 is 14.6 Å². The molecule has 0 spiro atoms. The lowest BCUT2D eigenvalue weighted by molar-refractivity contribution is -0.134. The van der Waals surface area contributed by atoms with E-state index < -0.39 is 12.1 Å². The molecule has 1 atom stereocenters. The number of piperidine rings is 1. The number of ether oxygens (including phenoxy) is 1. The van der Waals surface area contributed by atoms with Crippen LogP contribution in [-0.2, 0) is 10.3 Å². The number of anilines is 1. The number of carbonyl (C=O) groups is 1. The number of aliphatic imine (C=N–C) groups is 1. The van der Waals surface area contributed by atoms with E-state index in [4.69, 9.17) is 32.9 Å². The summed E-state index contributed by atoms with van der Waals surface area (Å²) in [7, 11) is 1.61. The number of para-hydroxylation sites is 2. The van der Waals surface area contributed by atoms with E-state index in [9.17, 15) is 9.90 Å². The minimum atomic E-state index is -0.777. The van der Waals surface area contributed by atoms with Gasteiger partial charge in [0.2, 0.25) is 5.91 Å². The zero-order chi connectivity index (χ0) is 19.9. The van der Waals surface area contributed by atoms with Gasteiger partial charge in [-0.3, -0.25) is 9.79 Å². The van der Waals surface area contributed by atoms with Crippen LogP contribution in [0.1, 0.15) is 12.0 Å². The first kappa shape index (κ1) is 19.1. The predicted octanol–water partition coefficient (Wildman–Crippen LogP) is 3.62. The van der Waals surface area contributed by atoms with Crippen LogP contribution in [0.4, 0.5) is 11.4 Å². The third-order valence-electron chi connectivity index (χ3n) is 5.26. The molecule has 146 valence electrons. The second-order valence-corrected chi connectivity index (χ2v) is 7.56. The van der Waals surface area contributed by atoms with Crippen molar-refractivity contribution in [3.05, 3.63) is 52.0 Å². The van der Waals surface area contributed by atoms with Crippen molar-refractivity contribution in [2.75, 3.05) is 32.1 Å². The van der Waals surface area contributed by atoms with Crippen LogP contribution in [0.5, 0.6) is 5.75 Å². The number of hydrogen-bond acceptors (Lipinski definition) is 5. The molecule has 8 heteroatoms. The lowest BCUT2D eigenvalue weighted by Crippen LogP contribution is -2.57. The first-order valence-corrected chi connectivity index (χ1v) is 9.62. The monoisotopic (exact) mass is 419 g/mol. The third kappa shape index (κ3) is 2.92. The van der Waals surface area contributed by atoms with Gasteiger partial charge in [-0.1, -0.05) is 41.4 Å². The fourth-order valence-electron chi connectivity index (χ4n) is 3.90. The first-order chi connectivity index (χ1) is 13.5. The van der Waals surface area contributed by atoms with E-state index in [1.165, 1.54) is 0 Å². The largest absolute Gasteiger partial charge is 0.495 e. The van der Waals surface area contributed by atoms with Crippen LogP contribution in [0, 0.1) is 0 Å². The third-order valence-corrected chi connectivity index (χ3v) is 6.05. The van der Waals surface area contributed by atoms with Crippen LogP contribution in [0.25, 0.3) is 0 Å². The number of benzene rings is 2. The maximum atomic E-state index is 12.2. The molecular weight excluding hydrogens is 401 g/mol. The highest BCUT2D eigenvalue weighted by molar-refractivity contribution is 6.44. The molecule has 28 heavy (non-hydrogen) atoms. The smallest absolute Gasteiger partial charge is 0.248 e. The number of carbonyl (C=O) groups excluding carboxylic acids is 1. The molecule has 0 aromatic heterocycles. The summed E-state index contributed by atoms with van der Waals surface area (Å²) in [6.45, 7) is 0.257. The van der Waals surface area contributed by atoms with Crippen molar-refractivity contribution in [1.82, 2.24) is 4.90 Å². The SMILES string of the molecule is COc1ccccc1NC12CN(C(=O)CO)CCC1=Nc1c2ccc(Cl)c1Cl. The van der Waals surface area contributed by atoms with E-state index in [2.05, 4.69) is 5.32 Å². The molecule has 1 unspecified atom stereocenters. The Kier molecular flexibility index (Phi) is 4.95. The normalized spacial score (nSPS) is 20.3. The molecule has 0 saturated carbocycles. The average Bonchev–Trinajstić information content (AvgIpc) is 3.04. The highest BCUT2D eigenvalue weighted by Gasteiger charge is 2.49. The maximum Gasteiger partial charge on any atom is 0.248 e. The van der Waals surface area contributed by atoms with Gasteiger partial charge in [0.05, 0.1) is 40.8 Å². The number of aliphatic hydroxyl groups is 1. The molecule has 2 aliphatic rings.